The monoisotopic (exact) mass is 399 g/mol. The number of aromatic nitrogens is 2. The van der Waals surface area contributed by atoms with Crippen molar-refractivity contribution in [2.75, 3.05) is 19.7 Å². The molecule has 1 aromatic heterocycles. The van der Waals surface area contributed by atoms with E-state index >= 15 is 0 Å². The van der Waals surface area contributed by atoms with Crippen molar-refractivity contribution >= 4 is 6.47 Å². The molecule has 2 bridgehead atoms. The highest BCUT2D eigenvalue weighted by atomic mass is 16.5. The Morgan fingerprint density at radius 3 is 2.97 bits per heavy atom. The van der Waals surface area contributed by atoms with Crippen molar-refractivity contribution < 1.29 is 19.7 Å². The molecular formula is C22H29N3O4. The highest BCUT2D eigenvalue weighted by Crippen LogP contribution is 2.54. The summed E-state index contributed by atoms with van der Waals surface area (Å²) in [7, 11) is 0. The standard InChI is InChI=1S/C21H27N3O2.CH2O2/c1-13-3-4-14(2)16(7-13)20-15(8-22-23-20)9-24-10-18-17(11-25)19-5-6-21(18,12-24)26-19;2-1-3/h3-4,7-8,17-19,25H,5-6,9-12H2,1-2H3,(H,22,23);1H,(H,2,3)/t17-,18+,19+,21+;/m0./s1. The summed E-state index contributed by atoms with van der Waals surface area (Å²) >= 11 is 0. The lowest BCUT2D eigenvalue weighted by Crippen LogP contribution is -2.37. The van der Waals surface area contributed by atoms with Gasteiger partial charge in [0.15, 0.2) is 0 Å². The molecule has 3 aliphatic rings. The Bertz CT molecular complexity index is 883. The minimum absolute atomic E-state index is 0.0127. The molecule has 3 aliphatic heterocycles. The molecule has 2 aromatic rings. The second-order valence-corrected chi connectivity index (χ2v) is 8.58. The number of nitrogens with zero attached hydrogens (tertiary/aromatic N) is 2. The number of likely N-dealkylation sites (tertiary alicyclic amines) is 1. The molecule has 0 radical (unpaired) electrons. The van der Waals surface area contributed by atoms with Gasteiger partial charge in [-0.3, -0.25) is 14.8 Å². The number of aliphatic hydroxyl groups excluding tert-OH is 1. The van der Waals surface area contributed by atoms with Gasteiger partial charge in [-0.05, 0) is 38.3 Å². The normalized spacial score (nSPS) is 30.1. The average molecular weight is 399 g/mol. The summed E-state index contributed by atoms with van der Waals surface area (Å²) in [6.07, 6.45) is 4.50. The quantitative estimate of drug-likeness (QED) is 0.683. The van der Waals surface area contributed by atoms with E-state index in [0.29, 0.717) is 11.8 Å². The van der Waals surface area contributed by atoms with Crippen LogP contribution in [0.2, 0.25) is 0 Å². The van der Waals surface area contributed by atoms with E-state index in [1.165, 1.54) is 22.3 Å². The second-order valence-electron chi connectivity index (χ2n) is 8.58. The largest absolute Gasteiger partial charge is 0.483 e. The van der Waals surface area contributed by atoms with Crippen LogP contribution in [-0.4, -0.2) is 63.2 Å². The molecule has 3 N–H and O–H groups in total. The molecule has 1 spiro atoms. The lowest BCUT2D eigenvalue weighted by atomic mass is 9.74. The zero-order valence-corrected chi connectivity index (χ0v) is 17.0. The van der Waals surface area contributed by atoms with Gasteiger partial charge >= 0.3 is 0 Å². The molecule has 3 fully saturated rings. The van der Waals surface area contributed by atoms with Gasteiger partial charge in [0, 0.05) is 49.2 Å². The van der Waals surface area contributed by atoms with Gasteiger partial charge < -0.3 is 14.9 Å². The van der Waals surface area contributed by atoms with Crippen LogP contribution >= 0.6 is 0 Å². The third-order valence-corrected chi connectivity index (χ3v) is 6.84. The number of rotatable bonds is 4. The van der Waals surface area contributed by atoms with Crippen molar-refractivity contribution in [2.24, 2.45) is 11.8 Å². The van der Waals surface area contributed by atoms with E-state index in [1.807, 2.05) is 6.20 Å². The Morgan fingerprint density at radius 2 is 2.21 bits per heavy atom. The molecule has 1 aromatic carbocycles. The lowest BCUT2D eigenvalue weighted by molar-refractivity contribution is -0.122. The number of nitrogens with one attached hydrogen (secondary N) is 1. The van der Waals surface area contributed by atoms with Gasteiger partial charge in [0.2, 0.25) is 0 Å². The third kappa shape index (κ3) is 3.47. The van der Waals surface area contributed by atoms with E-state index < -0.39 is 0 Å². The fourth-order valence-electron chi connectivity index (χ4n) is 5.56. The molecule has 4 heterocycles. The maximum Gasteiger partial charge on any atom is 0.290 e. The fourth-order valence-corrected chi connectivity index (χ4v) is 5.56. The first-order valence-electron chi connectivity index (χ1n) is 10.2. The first-order chi connectivity index (χ1) is 14.0. The highest BCUT2D eigenvalue weighted by Gasteiger charge is 2.62. The number of aliphatic hydroxyl groups is 1. The van der Waals surface area contributed by atoms with Crippen LogP contribution in [0.25, 0.3) is 11.3 Å². The van der Waals surface area contributed by atoms with E-state index in [2.05, 4.69) is 47.1 Å². The number of carbonyl (C=O) groups is 1. The van der Waals surface area contributed by atoms with Gasteiger partial charge in [0.25, 0.3) is 6.47 Å². The molecule has 0 unspecified atom stereocenters. The van der Waals surface area contributed by atoms with E-state index in [4.69, 9.17) is 14.6 Å². The Morgan fingerprint density at radius 1 is 1.41 bits per heavy atom. The van der Waals surface area contributed by atoms with Crippen molar-refractivity contribution in [3.8, 4) is 11.3 Å². The van der Waals surface area contributed by atoms with E-state index in [0.717, 1.165) is 38.2 Å². The minimum Gasteiger partial charge on any atom is -0.483 e. The van der Waals surface area contributed by atoms with E-state index in [-0.39, 0.29) is 24.8 Å². The predicted molar refractivity (Wildman–Crippen MR) is 108 cm³/mol. The smallest absolute Gasteiger partial charge is 0.290 e. The third-order valence-electron chi connectivity index (χ3n) is 6.84. The fraction of sp³-hybridized carbons (Fsp3) is 0.545. The number of carboxylic acid groups (broad SMARTS) is 1. The Labute approximate surface area is 170 Å². The van der Waals surface area contributed by atoms with Crippen molar-refractivity contribution in [3.63, 3.8) is 0 Å². The molecule has 0 aliphatic carbocycles. The van der Waals surface area contributed by atoms with Crippen LogP contribution in [0.1, 0.15) is 29.5 Å². The number of aryl methyl sites for hydroxylation is 2. The maximum atomic E-state index is 9.81. The summed E-state index contributed by atoms with van der Waals surface area (Å²) < 4.78 is 6.36. The lowest BCUT2D eigenvalue weighted by Gasteiger charge is -2.28. The molecule has 4 atom stereocenters. The minimum atomic E-state index is -0.250. The molecule has 0 saturated carbocycles. The van der Waals surface area contributed by atoms with Crippen molar-refractivity contribution in [3.05, 3.63) is 41.1 Å². The van der Waals surface area contributed by atoms with Crippen LogP contribution in [0, 0.1) is 25.7 Å². The van der Waals surface area contributed by atoms with E-state index in [9.17, 15) is 5.11 Å². The summed E-state index contributed by atoms with van der Waals surface area (Å²) in [5, 5.41) is 24.3. The van der Waals surface area contributed by atoms with Crippen LogP contribution in [0.15, 0.2) is 24.4 Å². The number of fused-ring (bicyclic) bond motifs is 1. The van der Waals surface area contributed by atoms with Gasteiger partial charge in [-0.1, -0.05) is 17.7 Å². The molecule has 156 valence electrons. The number of H-pyrrole nitrogens is 1. The van der Waals surface area contributed by atoms with Crippen molar-refractivity contribution in [1.29, 1.82) is 0 Å². The molecule has 7 heteroatoms. The predicted octanol–water partition coefficient (Wildman–Crippen LogP) is 2.37. The van der Waals surface area contributed by atoms with Gasteiger partial charge in [-0.25, -0.2) is 0 Å². The molecular weight excluding hydrogens is 370 g/mol. The molecule has 7 nitrogen and oxygen atoms in total. The number of aromatic amines is 1. The van der Waals surface area contributed by atoms with E-state index in [1.54, 1.807) is 0 Å². The van der Waals surface area contributed by atoms with Gasteiger partial charge in [0.1, 0.15) is 0 Å². The number of hydrogen-bond donors (Lipinski definition) is 3. The molecule has 0 amide bonds. The van der Waals surface area contributed by atoms with Crippen LogP contribution in [0.3, 0.4) is 0 Å². The van der Waals surface area contributed by atoms with Crippen LogP contribution in [0.4, 0.5) is 0 Å². The topological polar surface area (TPSA) is 98.7 Å². The first-order valence-corrected chi connectivity index (χ1v) is 10.2. The molecule has 5 rings (SSSR count). The Hall–Kier alpha value is -2.22. The molecule has 3 saturated heterocycles. The summed E-state index contributed by atoms with van der Waals surface area (Å²) in [5.74, 6) is 0.791. The number of ether oxygens (including phenoxy) is 1. The summed E-state index contributed by atoms with van der Waals surface area (Å²) in [6.45, 7) is 7.15. The SMILES string of the molecule is Cc1ccc(C)c(-c2[nH]ncc2CN2C[C@@H]3[C@H](CO)[C@H]4CC[C@]3(C2)O4)c1.O=CO. The maximum absolute atomic E-state index is 9.81. The first kappa shape index (κ1) is 20.1. The number of hydrogen-bond acceptors (Lipinski definition) is 5. The number of benzene rings is 1. The Balaban J connectivity index is 0.000000645. The second kappa shape index (κ2) is 7.89. The van der Waals surface area contributed by atoms with Crippen LogP contribution < -0.4 is 0 Å². The summed E-state index contributed by atoms with van der Waals surface area (Å²) in [4.78, 5) is 10.9. The Kier molecular flexibility index (Phi) is 5.46. The van der Waals surface area contributed by atoms with Gasteiger partial charge in [-0.15, -0.1) is 0 Å². The summed E-state index contributed by atoms with van der Waals surface area (Å²) in [5.41, 5.74) is 6.12. The van der Waals surface area contributed by atoms with Crippen LogP contribution in [0.5, 0.6) is 0 Å². The average Bonchev–Trinajstić information content (AvgIpc) is 3.44. The van der Waals surface area contributed by atoms with Gasteiger partial charge in [0.05, 0.1) is 23.6 Å². The zero-order valence-electron chi connectivity index (χ0n) is 17.0. The molecule has 29 heavy (non-hydrogen) atoms. The van der Waals surface area contributed by atoms with Crippen LogP contribution in [-0.2, 0) is 16.1 Å². The summed E-state index contributed by atoms with van der Waals surface area (Å²) in [6, 6.07) is 6.56. The van der Waals surface area contributed by atoms with Gasteiger partial charge in [-0.2, -0.15) is 5.10 Å². The zero-order chi connectivity index (χ0) is 20.6. The van der Waals surface area contributed by atoms with Crippen molar-refractivity contribution in [2.45, 2.75) is 44.9 Å². The van der Waals surface area contributed by atoms with Crippen molar-refractivity contribution in [1.82, 2.24) is 15.1 Å². The highest BCUT2D eigenvalue weighted by molar-refractivity contribution is 5.67.